The van der Waals surface area contributed by atoms with Crippen molar-refractivity contribution in [2.75, 3.05) is 14.1 Å². The molecule has 2 N–H and O–H groups in total. The van der Waals surface area contributed by atoms with Crippen LogP contribution in [0.1, 0.15) is 12.8 Å². The molecule has 0 aromatic carbocycles. The third kappa shape index (κ3) is 1.58. The molecule has 0 fully saturated rings. The van der Waals surface area contributed by atoms with Crippen molar-refractivity contribution in [2.45, 2.75) is 24.9 Å². The van der Waals surface area contributed by atoms with E-state index in [0.29, 0.717) is 12.1 Å². The maximum Gasteiger partial charge on any atom is 0.0255 e. The Balaban J connectivity index is 2.45. The van der Waals surface area contributed by atoms with E-state index in [0.717, 1.165) is 12.8 Å². The second kappa shape index (κ2) is 3.74. The van der Waals surface area contributed by atoms with Gasteiger partial charge < -0.3 is 10.6 Å². The highest BCUT2D eigenvalue weighted by Crippen LogP contribution is 2.10. The summed E-state index contributed by atoms with van der Waals surface area (Å²) in [4.78, 5) is 0. The molecule has 2 heteroatoms. The number of likely N-dealkylation sites (N-methyl/N-ethyl adjacent to an activating group) is 2. The Morgan fingerprint density at radius 2 is 1.40 bits per heavy atom. The molecule has 2 atom stereocenters. The highest BCUT2D eigenvalue weighted by atomic mass is 15.0. The zero-order valence-corrected chi connectivity index (χ0v) is 6.72. The van der Waals surface area contributed by atoms with Crippen LogP contribution in [0.2, 0.25) is 0 Å². The average molecular weight is 140 g/mol. The van der Waals surface area contributed by atoms with Crippen LogP contribution in [-0.2, 0) is 0 Å². The summed E-state index contributed by atoms with van der Waals surface area (Å²) in [5.41, 5.74) is 0. The molecule has 10 heavy (non-hydrogen) atoms. The Bertz CT molecular complexity index is 106. The largest absolute Gasteiger partial charge is 0.315 e. The van der Waals surface area contributed by atoms with Gasteiger partial charge in [0, 0.05) is 12.1 Å². The first-order chi connectivity index (χ1) is 4.88. The fraction of sp³-hybridized carbons (Fsp3) is 0.750. The molecule has 0 bridgehead atoms. The predicted octanol–water partition coefficient (Wildman–Crippen LogP) is 0.512. The maximum atomic E-state index is 3.29. The van der Waals surface area contributed by atoms with Crippen LogP contribution >= 0.6 is 0 Å². The van der Waals surface area contributed by atoms with E-state index in [4.69, 9.17) is 0 Å². The van der Waals surface area contributed by atoms with E-state index < -0.39 is 0 Å². The Kier molecular flexibility index (Phi) is 2.90. The Hall–Kier alpha value is -0.340. The van der Waals surface area contributed by atoms with Crippen LogP contribution in [0.3, 0.4) is 0 Å². The molecule has 0 amide bonds. The van der Waals surface area contributed by atoms with Gasteiger partial charge in [0.25, 0.3) is 0 Å². The summed E-state index contributed by atoms with van der Waals surface area (Å²) in [5.74, 6) is 0. The van der Waals surface area contributed by atoms with Crippen LogP contribution in [0.15, 0.2) is 12.2 Å². The smallest absolute Gasteiger partial charge is 0.0255 e. The van der Waals surface area contributed by atoms with Crippen molar-refractivity contribution in [1.82, 2.24) is 10.6 Å². The van der Waals surface area contributed by atoms with Gasteiger partial charge in [0.1, 0.15) is 0 Å². The first-order valence-corrected chi connectivity index (χ1v) is 3.88. The van der Waals surface area contributed by atoms with Gasteiger partial charge in [-0.1, -0.05) is 12.2 Å². The summed E-state index contributed by atoms with van der Waals surface area (Å²) in [6, 6.07) is 1.24. The van der Waals surface area contributed by atoms with E-state index in [-0.39, 0.29) is 0 Å². The van der Waals surface area contributed by atoms with E-state index in [2.05, 4.69) is 22.8 Å². The van der Waals surface area contributed by atoms with E-state index in [1.165, 1.54) is 0 Å². The molecule has 1 rings (SSSR count). The third-order valence-corrected chi connectivity index (χ3v) is 2.17. The first kappa shape index (κ1) is 7.76. The van der Waals surface area contributed by atoms with Crippen molar-refractivity contribution in [3.05, 3.63) is 12.2 Å². The van der Waals surface area contributed by atoms with Crippen LogP contribution in [0.4, 0.5) is 0 Å². The van der Waals surface area contributed by atoms with Crippen molar-refractivity contribution in [3.8, 4) is 0 Å². The normalized spacial score (nSPS) is 32.6. The van der Waals surface area contributed by atoms with Gasteiger partial charge in [0.15, 0.2) is 0 Å². The van der Waals surface area contributed by atoms with Gasteiger partial charge in [-0.05, 0) is 26.9 Å². The number of rotatable bonds is 2. The van der Waals surface area contributed by atoms with Crippen LogP contribution in [-0.4, -0.2) is 26.2 Å². The molecule has 0 aromatic heterocycles. The molecule has 0 heterocycles. The van der Waals surface area contributed by atoms with E-state index in [1.54, 1.807) is 0 Å². The molecule has 0 aliphatic heterocycles. The summed E-state index contributed by atoms with van der Waals surface area (Å²) in [5, 5.41) is 6.58. The van der Waals surface area contributed by atoms with Gasteiger partial charge in [0.2, 0.25) is 0 Å². The lowest BCUT2D eigenvalue weighted by atomic mass is 9.96. The van der Waals surface area contributed by atoms with Crippen molar-refractivity contribution in [1.29, 1.82) is 0 Å². The van der Waals surface area contributed by atoms with Crippen LogP contribution < -0.4 is 10.6 Å². The van der Waals surface area contributed by atoms with Gasteiger partial charge in [-0.25, -0.2) is 0 Å². The summed E-state index contributed by atoms with van der Waals surface area (Å²) in [7, 11) is 4.04. The van der Waals surface area contributed by atoms with Gasteiger partial charge in [-0.2, -0.15) is 0 Å². The summed E-state index contributed by atoms with van der Waals surface area (Å²) in [6.07, 6.45) is 6.80. The fourth-order valence-corrected chi connectivity index (χ4v) is 1.45. The minimum atomic E-state index is 0.620. The summed E-state index contributed by atoms with van der Waals surface area (Å²) in [6.45, 7) is 0. The Labute approximate surface area is 62.7 Å². The summed E-state index contributed by atoms with van der Waals surface area (Å²) < 4.78 is 0. The average Bonchev–Trinajstić information content (AvgIpc) is 2.04. The van der Waals surface area contributed by atoms with Gasteiger partial charge in [-0.3, -0.25) is 0 Å². The topological polar surface area (TPSA) is 24.1 Å². The lowest BCUT2D eigenvalue weighted by Crippen LogP contribution is -2.45. The highest BCUT2D eigenvalue weighted by molar-refractivity contribution is 5.00. The van der Waals surface area contributed by atoms with Gasteiger partial charge >= 0.3 is 0 Å². The zero-order valence-electron chi connectivity index (χ0n) is 6.72. The molecule has 0 radical (unpaired) electrons. The molecule has 1 aliphatic carbocycles. The first-order valence-electron chi connectivity index (χ1n) is 3.88. The molecule has 0 saturated heterocycles. The monoisotopic (exact) mass is 140 g/mol. The molecule has 0 spiro atoms. The fourth-order valence-electron chi connectivity index (χ4n) is 1.45. The number of hydrogen-bond donors (Lipinski definition) is 2. The second-order valence-electron chi connectivity index (χ2n) is 2.73. The Morgan fingerprint density at radius 3 is 1.70 bits per heavy atom. The molecule has 0 unspecified atom stereocenters. The molecule has 58 valence electrons. The van der Waals surface area contributed by atoms with Crippen molar-refractivity contribution < 1.29 is 0 Å². The minimum absolute atomic E-state index is 0.620. The van der Waals surface area contributed by atoms with Crippen molar-refractivity contribution >= 4 is 0 Å². The molecule has 0 saturated carbocycles. The van der Waals surface area contributed by atoms with E-state index >= 15 is 0 Å². The van der Waals surface area contributed by atoms with Crippen LogP contribution in [0.25, 0.3) is 0 Å². The van der Waals surface area contributed by atoms with Crippen molar-refractivity contribution in [3.63, 3.8) is 0 Å². The van der Waals surface area contributed by atoms with Crippen molar-refractivity contribution in [2.24, 2.45) is 0 Å². The minimum Gasteiger partial charge on any atom is -0.315 e. The summed E-state index contributed by atoms with van der Waals surface area (Å²) >= 11 is 0. The van der Waals surface area contributed by atoms with Gasteiger partial charge in [0.05, 0.1) is 0 Å². The molecule has 2 nitrogen and oxygen atoms in total. The number of nitrogens with one attached hydrogen (secondary N) is 2. The third-order valence-electron chi connectivity index (χ3n) is 2.17. The highest BCUT2D eigenvalue weighted by Gasteiger charge is 2.17. The molecular formula is C8H16N2. The molecule has 1 aliphatic rings. The second-order valence-corrected chi connectivity index (χ2v) is 2.73. The van der Waals surface area contributed by atoms with E-state index in [9.17, 15) is 0 Å². The number of hydrogen-bond acceptors (Lipinski definition) is 2. The predicted molar refractivity (Wildman–Crippen MR) is 44.1 cm³/mol. The van der Waals surface area contributed by atoms with E-state index in [1.807, 2.05) is 14.1 Å². The molecule has 0 aromatic rings. The lowest BCUT2D eigenvalue weighted by molar-refractivity contribution is 0.399. The van der Waals surface area contributed by atoms with Gasteiger partial charge in [-0.15, -0.1) is 0 Å². The standard InChI is InChI=1S/C8H16N2/c1-9-7-5-3-4-6-8(7)10-2/h3-4,7-10H,5-6H2,1-2H3/t7-,8-/m1/s1. The quantitative estimate of drug-likeness (QED) is 0.546. The lowest BCUT2D eigenvalue weighted by Gasteiger charge is -2.27. The maximum absolute atomic E-state index is 3.29. The SMILES string of the molecule is CN[C@@H]1CC=CC[C@H]1NC. The zero-order chi connectivity index (χ0) is 7.40. The van der Waals surface area contributed by atoms with Crippen LogP contribution in [0, 0.1) is 0 Å². The Morgan fingerprint density at radius 1 is 1.00 bits per heavy atom. The molecular weight excluding hydrogens is 124 g/mol. The van der Waals surface area contributed by atoms with Crippen LogP contribution in [0.5, 0.6) is 0 Å².